The molecule has 0 fully saturated rings. The van der Waals surface area contributed by atoms with Crippen molar-refractivity contribution >= 4 is 17.3 Å². The van der Waals surface area contributed by atoms with Crippen molar-refractivity contribution < 1.29 is 9.72 Å². The van der Waals surface area contributed by atoms with E-state index in [4.69, 9.17) is 0 Å². The molecule has 1 aromatic rings. The van der Waals surface area contributed by atoms with E-state index in [1.807, 2.05) is 6.92 Å². The number of carbonyl (C=O) groups is 1. The monoisotopic (exact) mass is 279 g/mol. The summed E-state index contributed by atoms with van der Waals surface area (Å²) in [5.41, 5.74) is 0.526. The highest BCUT2D eigenvalue weighted by Gasteiger charge is 2.20. The molecular formula is C14H21N3O3. The highest BCUT2D eigenvalue weighted by molar-refractivity contribution is 6.01. The van der Waals surface area contributed by atoms with Gasteiger partial charge in [0.25, 0.3) is 11.6 Å². The minimum atomic E-state index is -0.480. The first kappa shape index (κ1) is 15.9. The molecule has 0 spiro atoms. The van der Waals surface area contributed by atoms with E-state index in [9.17, 15) is 14.9 Å². The molecule has 0 saturated heterocycles. The molecule has 0 aliphatic carbocycles. The Morgan fingerprint density at radius 2 is 2.05 bits per heavy atom. The van der Waals surface area contributed by atoms with Gasteiger partial charge in [-0.3, -0.25) is 14.9 Å². The number of hydrogen-bond acceptors (Lipinski definition) is 4. The van der Waals surface area contributed by atoms with Crippen LogP contribution in [-0.2, 0) is 0 Å². The van der Waals surface area contributed by atoms with Crippen LogP contribution < -0.4 is 10.6 Å². The summed E-state index contributed by atoms with van der Waals surface area (Å²) >= 11 is 0. The Kier molecular flexibility index (Phi) is 6.49. The van der Waals surface area contributed by atoms with E-state index in [2.05, 4.69) is 17.6 Å². The second-order valence-electron chi connectivity index (χ2n) is 4.45. The standard InChI is InChI=1S/C14H21N3O3/c1-3-5-6-10-16-14(18)11-8-7-9-12(17(19)20)13(11)15-4-2/h7-9,15H,3-6,10H2,1-2H3,(H,16,18). The summed E-state index contributed by atoms with van der Waals surface area (Å²) in [6.07, 6.45) is 3.04. The molecule has 6 nitrogen and oxygen atoms in total. The van der Waals surface area contributed by atoms with Gasteiger partial charge in [-0.05, 0) is 19.4 Å². The van der Waals surface area contributed by atoms with Gasteiger partial charge in [0.15, 0.2) is 0 Å². The second kappa shape index (κ2) is 8.14. The molecule has 1 aromatic carbocycles. The Morgan fingerprint density at radius 3 is 2.65 bits per heavy atom. The van der Waals surface area contributed by atoms with Gasteiger partial charge in [-0.25, -0.2) is 0 Å². The zero-order chi connectivity index (χ0) is 15.0. The minimum absolute atomic E-state index is 0.0759. The van der Waals surface area contributed by atoms with Crippen molar-refractivity contribution in [1.29, 1.82) is 0 Å². The third kappa shape index (κ3) is 4.22. The second-order valence-corrected chi connectivity index (χ2v) is 4.45. The van der Waals surface area contributed by atoms with Crippen LogP contribution in [0.3, 0.4) is 0 Å². The molecule has 0 bridgehead atoms. The van der Waals surface area contributed by atoms with Crippen LogP contribution in [-0.4, -0.2) is 23.9 Å². The third-order valence-corrected chi connectivity index (χ3v) is 2.90. The number of hydrogen-bond donors (Lipinski definition) is 2. The van der Waals surface area contributed by atoms with Crippen LogP contribution >= 0.6 is 0 Å². The van der Waals surface area contributed by atoms with Gasteiger partial charge in [0.2, 0.25) is 0 Å². The lowest BCUT2D eigenvalue weighted by molar-refractivity contribution is -0.384. The molecule has 0 radical (unpaired) electrons. The normalized spacial score (nSPS) is 10.1. The minimum Gasteiger partial charge on any atom is -0.379 e. The summed E-state index contributed by atoms with van der Waals surface area (Å²) in [7, 11) is 0. The summed E-state index contributed by atoms with van der Waals surface area (Å²) in [6.45, 7) is 5.02. The van der Waals surface area contributed by atoms with Gasteiger partial charge in [-0.1, -0.05) is 25.8 Å². The van der Waals surface area contributed by atoms with Crippen LogP contribution in [0.4, 0.5) is 11.4 Å². The summed E-state index contributed by atoms with van der Waals surface area (Å²) in [5, 5.41) is 16.7. The maximum Gasteiger partial charge on any atom is 0.293 e. The number of rotatable bonds is 8. The van der Waals surface area contributed by atoms with Gasteiger partial charge in [0, 0.05) is 19.2 Å². The van der Waals surface area contributed by atoms with E-state index < -0.39 is 4.92 Å². The van der Waals surface area contributed by atoms with Gasteiger partial charge in [-0.15, -0.1) is 0 Å². The van der Waals surface area contributed by atoms with Crippen molar-refractivity contribution in [2.24, 2.45) is 0 Å². The molecule has 1 rings (SSSR count). The molecule has 6 heteroatoms. The topological polar surface area (TPSA) is 84.3 Å². The van der Waals surface area contributed by atoms with Gasteiger partial charge < -0.3 is 10.6 Å². The molecule has 110 valence electrons. The lowest BCUT2D eigenvalue weighted by Gasteiger charge is -2.11. The zero-order valence-electron chi connectivity index (χ0n) is 11.9. The molecule has 0 unspecified atom stereocenters. The smallest absolute Gasteiger partial charge is 0.293 e. The molecule has 0 aromatic heterocycles. The van der Waals surface area contributed by atoms with Crippen molar-refractivity contribution in [3.8, 4) is 0 Å². The van der Waals surface area contributed by atoms with E-state index in [0.717, 1.165) is 19.3 Å². The fourth-order valence-corrected chi connectivity index (χ4v) is 1.92. The SMILES string of the molecule is CCCCCNC(=O)c1cccc([N+](=O)[O-])c1NCC. The molecule has 0 atom stereocenters. The summed E-state index contributed by atoms with van der Waals surface area (Å²) < 4.78 is 0. The summed E-state index contributed by atoms with van der Waals surface area (Å²) in [5.74, 6) is -0.277. The van der Waals surface area contributed by atoms with Crippen LogP contribution in [0.2, 0.25) is 0 Å². The van der Waals surface area contributed by atoms with Crippen LogP contribution in [0.25, 0.3) is 0 Å². The van der Waals surface area contributed by atoms with Gasteiger partial charge >= 0.3 is 0 Å². The van der Waals surface area contributed by atoms with E-state index in [1.54, 1.807) is 6.07 Å². The predicted molar refractivity (Wildman–Crippen MR) is 79.1 cm³/mol. The van der Waals surface area contributed by atoms with Crippen LogP contribution in [0, 0.1) is 10.1 Å². The number of para-hydroxylation sites is 1. The Balaban J connectivity index is 2.89. The molecule has 0 heterocycles. The fourth-order valence-electron chi connectivity index (χ4n) is 1.92. The Morgan fingerprint density at radius 1 is 1.30 bits per heavy atom. The van der Waals surface area contributed by atoms with Crippen molar-refractivity contribution in [1.82, 2.24) is 5.32 Å². The molecular weight excluding hydrogens is 258 g/mol. The molecule has 0 saturated carbocycles. The lowest BCUT2D eigenvalue weighted by Crippen LogP contribution is -2.25. The van der Waals surface area contributed by atoms with Crippen molar-refractivity contribution in [3.63, 3.8) is 0 Å². The first-order chi connectivity index (χ1) is 9.61. The van der Waals surface area contributed by atoms with Crippen LogP contribution in [0.15, 0.2) is 18.2 Å². The zero-order valence-corrected chi connectivity index (χ0v) is 11.9. The Hall–Kier alpha value is -2.11. The van der Waals surface area contributed by atoms with Gasteiger partial charge in [-0.2, -0.15) is 0 Å². The van der Waals surface area contributed by atoms with Gasteiger partial charge in [0.05, 0.1) is 10.5 Å². The molecule has 20 heavy (non-hydrogen) atoms. The fraction of sp³-hybridized carbons (Fsp3) is 0.500. The maximum atomic E-state index is 12.1. The number of carbonyl (C=O) groups excluding carboxylic acids is 1. The number of benzene rings is 1. The first-order valence-corrected chi connectivity index (χ1v) is 6.91. The first-order valence-electron chi connectivity index (χ1n) is 6.91. The van der Waals surface area contributed by atoms with Crippen LogP contribution in [0.1, 0.15) is 43.5 Å². The predicted octanol–water partition coefficient (Wildman–Crippen LogP) is 2.95. The lowest BCUT2D eigenvalue weighted by atomic mass is 10.1. The molecule has 0 aliphatic rings. The average molecular weight is 279 g/mol. The van der Waals surface area contributed by atoms with E-state index >= 15 is 0 Å². The average Bonchev–Trinajstić information content (AvgIpc) is 2.43. The number of nitro benzene ring substituents is 1. The van der Waals surface area contributed by atoms with E-state index in [-0.39, 0.29) is 17.3 Å². The number of anilines is 1. The highest BCUT2D eigenvalue weighted by Crippen LogP contribution is 2.28. The Labute approximate surface area is 118 Å². The number of nitro groups is 1. The number of amides is 1. The summed E-state index contributed by atoms with van der Waals surface area (Å²) in [4.78, 5) is 22.6. The summed E-state index contributed by atoms with van der Waals surface area (Å²) in [6, 6.07) is 4.52. The quantitative estimate of drug-likeness (QED) is 0.435. The van der Waals surface area contributed by atoms with Gasteiger partial charge in [0.1, 0.15) is 5.69 Å². The number of nitrogens with zero attached hydrogens (tertiary/aromatic N) is 1. The van der Waals surface area contributed by atoms with Crippen molar-refractivity contribution in [3.05, 3.63) is 33.9 Å². The number of unbranched alkanes of at least 4 members (excludes halogenated alkanes) is 2. The van der Waals surface area contributed by atoms with Crippen molar-refractivity contribution in [2.75, 3.05) is 18.4 Å². The number of nitrogens with one attached hydrogen (secondary N) is 2. The van der Waals surface area contributed by atoms with E-state index in [0.29, 0.717) is 18.7 Å². The van der Waals surface area contributed by atoms with Crippen molar-refractivity contribution in [2.45, 2.75) is 33.1 Å². The third-order valence-electron chi connectivity index (χ3n) is 2.90. The van der Waals surface area contributed by atoms with Crippen LogP contribution in [0.5, 0.6) is 0 Å². The van der Waals surface area contributed by atoms with E-state index in [1.165, 1.54) is 12.1 Å². The highest BCUT2D eigenvalue weighted by atomic mass is 16.6. The Bertz CT molecular complexity index is 475. The largest absolute Gasteiger partial charge is 0.379 e. The molecule has 2 N–H and O–H groups in total. The molecule has 0 aliphatic heterocycles. The maximum absolute atomic E-state index is 12.1. The molecule has 1 amide bonds.